The average Bonchev–Trinajstić information content (AvgIpc) is 2.86. The molecule has 10 N–H and O–H groups in total. The maximum Gasteiger partial charge on any atom is 0.243 e. The summed E-state index contributed by atoms with van der Waals surface area (Å²) in [5, 5.41) is 9.42. The van der Waals surface area contributed by atoms with Gasteiger partial charge in [0.1, 0.15) is 6.04 Å². The van der Waals surface area contributed by atoms with Crippen molar-refractivity contribution >= 4 is 42.2 Å². The second-order valence-corrected chi connectivity index (χ2v) is 8.23. The second kappa shape index (κ2) is 47.2. The van der Waals surface area contributed by atoms with E-state index >= 15 is 0 Å². The SMILES string of the molecule is CC(=O)NCC(=O)NCC(=O)N[C@H](CC(C)C)C(=O)NCC(N)=O.CCC.CCC.CCCN.CCN.C[S-].[Nb]. The first kappa shape index (κ1) is 54.4. The fourth-order valence-electron chi connectivity index (χ4n) is 1.69. The van der Waals surface area contributed by atoms with E-state index in [1.165, 1.54) is 19.8 Å². The number of amides is 5. The topological polar surface area (TPSA) is 212 Å². The molecule has 0 heterocycles. The molecule has 12 nitrogen and oxygen atoms in total. The first-order valence-corrected chi connectivity index (χ1v) is 14.3. The van der Waals surface area contributed by atoms with Gasteiger partial charge < -0.3 is 51.1 Å². The van der Waals surface area contributed by atoms with Gasteiger partial charge in [0.25, 0.3) is 0 Å². The van der Waals surface area contributed by atoms with E-state index in [-0.39, 0.29) is 53.8 Å². The molecule has 0 unspecified atom stereocenters. The van der Waals surface area contributed by atoms with Gasteiger partial charge in [0.05, 0.1) is 19.6 Å². The normalized spacial score (nSPS) is 9.05. The molecule has 0 aliphatic heterocycles. The molecule has 1 atom stereocenters. The third-order valence-electron chi connectivity index (χ3n) is 3.03. The Labute approximate surface area is 265 Å². The molecule has 0 fully saturated rings. The first-order valence-electron chi connectivity index (χ1n) is 13.4. The number of hydrogen-bond acceptors (Lipinski definition) is 8. The molecule has 0 bridgehead atoms. The van der Waals surface area contributed by atoms with Gasteiger partial charge in [0.15, 0.2) is 0 Å². The van der Waals surface area contributed by atoms with Gasteiger partial charge in [-0.2, -0.15) is 6.26 Å². The Bertz CT molecular complexity index is 581. The summed E-state index contributed by atoms with van der Waals surface area (Å²) in [4.78, 5) is 56.6. The van der Waals surface area contributed by atoms with Gasteiger partial charge in [-0.25, -0.2) is 0 Å². The maximum absolute atomic E-state index is 12.0. The summed E-state index contributed by atoms with van der Waals surface area (Å²) in [6.07, 6.45) is 5.54. The molecule has 14 heteroatoms. The van der Waals surface area contributed by atoms with Crippen LogP contribution in [-0.4, -0.2) is 74.6 Å². The standard InChI is InChI=1S/C14H25N5O5.C3H9N.2C3H8.C2H7N.CH4S.Nb/c1-8(2)4-10(14(24)18-5-11(15)21)19-13(23)7-17-12(22)6-16-9(3)20;1-2-3-4;2*1-3-2;1-2-3;1-2;/h8,10H,4-7H2,1-3H3,(H2,15,21)(H,16,20)(H,17,22)(H,18,24)(H,19,23);2-4H2,1H3;2*3H2,1-2H3;2-3H2,1H3;2H,1H3;/p-1/t10-;;;;;;/m1....../s1. The number of rotatable bonds is 11. The van der Waals surface area contributed by atoms with Crippen molar-refractivity contribution in [1.82, 2.24) is 21.3 Å². The zero-order valence-electron chi connectivity index (χ0n) is 26.6. The largest absolute Gasteiger partial charge is 0.796 e. The van der Waals surface area contributed by atoms with Crippen molar-refractivity contribution in [3.63, 3.8) is 0 Å². The maximum atomic E-state index is 12.0. The van der Waals surface area contributed by atoms with Crippen molar-refractivity contribution in [2.75, 3.05) is 39.0 Å². The fourth-order valence-corrected chi connectivity index (χ4v) is 1.69. The van der Waals surface area contributed by atoms with Crippen LogP contribution in [0, 0.1) is 5.92 Å². The molecular weight excluding hydrogens is 615 g/mol. The second-order valence-electron chi connectivity index (χ2n) is 8.23. The molecule has 0 saturated carbocycles. The van der Waals surface area contributed by atoms with E-state index in [0.717, 1.165) is 19.5 Å². The van der Waals surface area contributed by atoms with E-state index in [4.69, 9.17) is 17.2 Å². The van der Waals surface area contributed by atoms with Gasteiger partial charge in [0.2, 0.25) is 29.5 Å². The van der Waals surface area contributed by atoms with Crippen molar-refractivity contribution in [2.24, 2.45) is 23.1 Å². The van der Waals surface area contributed by atoms with Crippen molar-refractivity contribution < 1.29 is 46.4 Å². The van der Waals surface area contributed by atoms with Crippen LogP contribution >= 0.6 is 0 Å². The summed E-state index contributed by atoms with van der Waals surface area (Å²) < 4.78 is 0. The van der Waals surface area contributed by atoms with Crippen molar-refractivity contribution in [3.8, 4) is 0 Å². The molecule has 0 aromatic heterocycles. The van der Waals surface area contributed by atoms with E-state index < -0.39 is 29.7 Å². The van der Waals surface area contributed by atoms with Gasteiger partial charge in [-0.1, -0.05) is 68.2 Å². The quantitative estimate of drug-likeness (QED) is 0.122. The molecular formula is C26H60N7NbO5S-. The van der Waals surface area contributed by atoms with Gasteiger partial charge in [-0.15, -0.1) is 0 Å². The number of primary amides is 1. The number of nitrogens with one attached hydrogen (secondary N) is 4. The number of carbonyl (C=O) groups is 5. The van der Waals surface area contributed by atoms with Crippen LogP contribution < -0.4 is 38.5 Å². The number of nitrogens with two attached hydrogens (primary N) is 3. The molecule has 40 heavy (non-hydrogen) atoms. The molecule has 0 rings (SSSR count). The molecule has 0 aliphatic rings. The third-order valence-corrected chi connectivity index (χ3v) is 3.03. The van der Waals surface area contributed by atoms with Crippen LogP contribution in [0.3, 0.4) is 0 Å². The number of hydrogen-bond donors (Lipinski definition) is 7. The average molecular weight is 676 g/mol. The van der Waals surface area contributed by atoms with Crippen LogP contribution in [0.5, 0.6) is 0 Å². The minimum absolute atomic E-state index is 0. The summed E-state index contributed by atoms with van der Waals surface area (Å²) in [6.45, 7) is 18.1. The molecule has 0 saturated heterocycles. The predicted molar refractivity (Wildman–Crippen MR) is 165 cm³/mol. The minimum Gasteiger partial charge on any atom is -0.796 e. The summed E-state index contributed by atoms with van der Waals surface area (Å²) in [5.74, 6) is -2.56. The predicted octanol–water partition coefficient (Wildman–Crippen LogP) is 0.684. The van der Waals surface area contributed by atoms with Gasteiger partial charge >= 0.3 is 0 Å². The number of carbonyl (C=O) groups excluding carboxylic acids is 5. The Morgan fingerprint density at radius 2 is 1.12 bits per heavy atom. The van der Waals surface area contributed by atoms with Gasteiger partial charge in [-0.3, -0.25) is 24.0 Å². The summed E-state index contributed by atoms with van der Waals surface area (Å²) in [6, 6.07) is -0.843. The van der Waals surface area contributed by atoms with E-state index in [1.807, 2.05) is 20.8 Å². The van der Waals surface area contributed by atoms with E-state index in [2.05, 4.69) is 68.5 Å². The van der Waals surface area contributed by atoms with Crippen molar-refractivity contribution in [3.05, 3.63) is 0 Å². The van der Waals surface area contributed by atoms with Crippen LogP contribution in [0.15, 0.2) is 0 Å². The Hall–Kier alpha value is -1.64. The first-order chi connectivity index (χ1) is 18.3. The zero-order chi connectivity index (χ0) is 32.2. The fraction of sp³-hybridized carbons (Fsp3) is 0.808. The van der Waals surface area contributed by atoms with Crippen LogP contribution in [0.2, 0.25) is 0 Å². The molecule has 241 valence electrons. The van der Waals surface area contributed by atoms with E-state index in [0.29, 0.717) is 6.42 Å². The Morgan fingerprint density at radius 1 is 0.750 bits per heavy atom. The Kier molecular flexibility index (Phi) is 64.2. The van der Waals surface area contributed by atoms with E-state index in [9.17, 15) is 24.0 Å². The Balaban J connectivity index is -0.000000113. The molecule has 1 radical (unpaired) electrons. The third kappa shape index (κ3) is 65.4. The van der Waals surface area contributed by atoms with E-state index in [1.54, 1.807) is 6.26 Å². The molecule has 0 aromatic carbocycles. The zero-order valence-corrected chi connectivity index (χ0v) is 29.7. The summed E-state index contributed by atoms with van der Waals surface area (Å²) in [5.41, 5.74) is 14.8. The summed E-state index contributed by atoms with van der Waals surface area (Å²) in [7, 11) is 0. The molecule has 0 aliphatic carbocycles. The van der Waals surface area contributed by atoms with Gasteiger partial charge in [0, 0.05) is 29.3 Å². The van der Waals surface area contributed by atoms with Gasteiger partial charge in [-0.05, 0) is 31.8 Å². The smallest absolute Gasteiger partial charge is 0.243 e. The Morgan fingerprint density at radius 3 is 1.43 bits per heavy atom. The van der Waals surface area contributed by atoms with Crippen LogP contribution in [0.4, 0.5) is 0 Å². The molecule has 0 spiro atoms. The molecule has 0 aromatic rings. The monoisotopic (exact) mass is 675 g/mol. The van der Waals surface area contributed by atoms with Crippen LogP contribution in [-0.2, 0) is 59.0 Å². The van der Waals surface area contributed by atoms with Crippen molar-refractivity contribution in [2.45, 2.75) is 94.0 Å². The minimum atomic E-state index is -0.843. The van der Waals surface area contributed by atoms with Crippen LogP contribution in [0.1, 0.15) is 88.0 Å². The van der Waals surface area contributed by atoms with Crippen molar-refractivity contribution in [1.29, 1.82) is 0 Å². The van der Waals surface area contributed by atoms with Crippen LogP contribution in [0.25, 0.3) is 0 Å². The summed E-state index contributed by atoms with van der Waals surface area (Å²) >= 11 is 4.08. The molecule has 5 amide bonds.